The van der Waals surface area contributed by atoms with Gasteiger partial charge in [0.1, 0.15) is 23.0 Å². The van der Waals surface area contributed by atoms with E-state index >= 15 is 0 Å². The maximum Gasteiger partial charge on any atom is 0.416 e. The zero-order valence-electron chi connectivity index (χ0n) is 15.7. The minimum absolute atomic E-state index is 0.0880. The predicted molar refractivity (Wildman–Crippen MR) is 100 cm³/mol. The molecule has 0 aliphatic rings. The number of benzene rings is 2. The number of H-pyrrole nitrogens is 1. The van der Waals surface area contributed by atoms with Gasteiger partial charge in [-0.15, -0.1) is 0 Å². The number of amides is 2. The largest absolute Gasteiger partial charge is 0.416 e. The fraction of sp³-hybridized carbons (Fsp3) is 0.150. The van der Waals surface area contributed by atoms with Crippen LogP contribution in [0.25, 0.3) is 0 Å². The van der Waals surface area contributed by atoms with Crippen LogP contribution in [0, 0.1) is 11.6 Å². The first kappa shape index (κ1) is 21.9. The molecule has 11 heteroatoms. The van der Waals surface area contributed by atoms with Crippen molar-refractivity contribution in [3.63, 3.8) is 0 Å². The molecule has 0 saturated carbocycles. The fourth-order valence-electron chi connectivity index (χ4n) is 2.73. The summed E-state index contributed by atoms with van der Waals surface area (Å²) in [4.78, 5) is 31.3. The Morgan fingerprint density at radius 3 is 2.35 bits per heavy atom. The number of nitrogens with one attached hydrogen (secondary N) is 3. The van der Waals surface area contributed by atoms with Crippen molar-refractivity contribution in [2.45, 2.75) is 12.6 Å². The smallest absolute Gasteiger partial charge is 0.352 e. The molecule has 0 aliphatic carbocycles. The Hall–Kier alpha value is -3.76. The van der Waals surface area contributed by atoms with Crippen LogP contribution in [0.2, 0.25) is 0 Å². The van der Waals surface area contributed by atoms with Crippen molar-refractivity contribution in [2.24, 2.45) is 0 Å². The number of carbonyl (C=O) groups excluding carboxylic acids is 2. The topological polar surface area (TPSA) is 86.9 Å². The second-order valence-corrected chi connectivity index (χ2v) is 6.39. The van der Waals surface area contributed by atoms with Gasteiger partial charge in [-0.05, 0) is 30.3 Å². The van der Waals surface area contributed by atoms with Gasteiger partial charge in [0.2, 0.25) is 0 Å². The zero-order chi connectivity index (χ0) is 22.6. The summed E-state index contributed by atoms with van der Waals surface area (Å²) < 4.78 is 67.3. The van der Waals surface area contributed by atoms with Crippen molar-refractivity contribution in [2.75, 3.05) is 11.9 Å². The third-order valence-corrected chi connectivity index (χ3v) is 4.17. The van der Waals surface area contributed by atoms with E-state index in [1.807, 2.05) is 5.32 Å². The maximum atomic E-state index is 13.8. The van der Waals surface area contributed by atoms with E-state index < -0.39 is 52.0 Å². The predicted octanol–water partition coefficient (Wildman–Crippen LogP) is 3.93. The lowest BCUT2D eigenvalue weighted by atomic mass is 10.1. The Kier molecular flexibility index (Phi) is 6.33. The van der Waals surface area contributed by atoms with E-state index in [1.165, 1.54) is 6.20 Å². The fourth-order valence-corrected chi connectivity index (χ4v) is 2.73. The monoisotopic (exact) mass is 438 g/mol. The molecule has 162 valence electrons. The summed E-state index contributed by atoms with van der Waals surface area (Å²) in [5, 5.41) is 4.46. The van der Waals surface area contributed by atoms with Crippen molar-refractivity contribution in [1.29, 1.82) is 0 Å². The number of aromatic amines is 1. The van der Waals surface area contributed by atoms with Crippen LogP contribution in [0.5, 0.6) is 0 Å². The van der Waals surface area contributed by atoms with Crippen LogP contribution < -0.4 is 10.6 Å². The molecule has 1 aromatic heterocycles. The van der Waals surface area contributed by atoms with Crippen LogP contribution in [-0.4, -0.2) is 28.3 Å². The van der Waals surface area contributed by atoms with E-state index in [4.69, 9.17) is 0 Å². The Morgan fingerprint density at radius 2 is 1.74 bits per heavy atom. The van der Waals surface area contributed by atoms with Crippen LogP contribution in [0.1, 0.15) is 32.1 Å². The van der Waals surface area contributed by atoms with E-state index in [2.05, 4.69) is 15.3 Å². The first-order valence-electron chi connectivity index (χ1n) is 8.89. The van der Waals surface area contributed by atoms with Gasteiger partial charge in [-0.2, -0.15) is 13.2 Å². The van der Waals surface area contributed by atoms with Crippen LogP contribution >= 0.6 is 0 Å². The Labute approximate surface area is 172 Å². The molecular weight excluding hydrogens is 423 g/mol. The molecule has 0 unspecified atom stereocenters. The number of aromatic nitrogens is 2. The summed E-state index contributed by atoms with van der Waals surface area (Å²) in [7, 11) is 0. The molecule has 0 radical (unpaired) electrons. The quantitative estimate of drug-likeness (QED) is 0.510. The van der Waals surface area contributed by atoms with Crippen LogP contribution in [0.3, 0.4) is 0 Å². The number of rotatable bonds is 6. The highest BCUT2D eigenvalue weighted by molar-refractivity contribution is 6.05. The molecule has 0 saturated heterocycles. The lowest BCUT2D eigenvalue weighted by molar-refractivity contribution is -0.137. The Balaban J connectivity index is 1.83. The van der Waals surface area contributed by atoms with E-state index in [0.717, 1.165) is 24.3 Å². The van der Waals surface area contributed by atoms with E-state index in [9.17, 15) is 31.5 Å². The molecule has 0 bridgehead atoms. The summed E-state index contributed by atoms with van der Waals surface area (Å²) in [5.74, 6) is -3.91. The number of hydrogen-bond acceptors (Lipinski definition) is 3. The summed E-state index contributed by atoms with van der Waals surface area (Å²) in [5.41, 5.74) is -3.00. The van der Waals surface area contributed by atoms with Crippen molar-refractivity contribution in [3.8, 4) is 0 Å². The molecule has 0 spiro atoms. The lowest BCUT2D eigenvalue weighted by Crippen LogP contribution is -2.26. The maximum absolute atomic E-state index is 13.8. The number of halogens is 5. The molecule has 1 heterocycles. The van der Waals surface area contributed by atoms with Crippen LogP contribution in [0.15, 0.2) is 48.8 Å². The van der Waals surface area contributed by atoms with E-state index in [0.29, 0.717) is 24.4 Å². The first-order valence-corrected chi connectivity index (χ1v) is 8.89. The van der Waals surface area contributed by atoms with Crippen LogP contribution in [-0.2, 0) is 12.6 Å². The third-order valence-electron chi connectivity index (χ3n) is 4.17. The second-order valence-electron chi connectivity index (χ2n) is 6.39. The lowest BCUT2D eigenvalue weighted by Gasteiger charge is -2.14. The minimum atomic E-state index is -4.83. The molecule has 2 aromatic carbocycles. The number of carbonyl (C=O) groups is 2. The molecule has 2 amide bonds. The molecule has 0 atom stereocenters. The van der Waals surface area contributed by atoms with Gasteiger partial charge < -0.3 is 15.6 Å². The summed E-state index contributed by atoms with van der Waals surface area (Å²) in [6.07, 6.45) is -1.42. The van der Waals surface area contributed by atoms with Gasteiger partial charge in [0.25, 0.3) is 11.8 Å². The van der Waals surface area contributed by atoms with Crippen molar-refractivity contribution in [3.05, 3.63) is 82.9 Å². The highest BCUT2D eigenvalue weighted by atomic mass is 19.4. The third kappa shape index (κ3) is 5.44. The molecule has 0 fully saturated rings. The normalized spacial score (nSPS) is 11.3. The molecule has 3 aromatic rings. The zero-order valence-corrected chi connectivity index (χ0v) is 15.7. The molecule has 6 nitrogen and oxygen atoms in total. The standard InChI is InChI=1S/C20H15F5N4O2/c21-14-2-1-3-15(22)17(14)19(31)29-13-9-11(8-12(10-13)20(23,24)25)18(30)28-5-4-16-26-6-7-27-16/h1-3,6-10H,4-5H2,(H,26,27)(H,28,30)(H,29,31). The molecule has 0 aliphatic heterocycles. The number of nitrogens with zero attached hydrogens (tertiary/aromatic N) is 1. The highest BCUT2D eigenvalue weighted by Crippen LogP contribution is 2.32. The summed E-state index contributed by atoms with van der Waals surface area (Å²) in [6.45, 7) is 0.0880. The van der Waals surface area contributed by atoms with Gasteiger partial charge in [-0.3, -0.25) is 9.59 Å². The average molecular weight is 438 g/mol. The number of hydrogen-bond donors (Lipinski definition) is 3. The molecule has 3 N–H and O–H groups in total. The Morgan fingerprint density at radius 1 is 1.03 bits per heavy atom. The van der Waals surface area contributed by atoms with Crippen molar-refractivity contribution < 1.29 is 31.5 Å². The minimum Gasteiger partial charge on any atom is -0.352 e. The van der Waals surface area contributed by atoms with Crippen LogP contribution in [0.4, 0.5) is 27.6 Å². The average Bonchev–Trinajstić information content (AvgIpc) is 3.20. The first-order chi connectivity index (χ1) is 14.6. The van der Waals surface area contributed by atoms with E-state index in [1.54, 1.807) is 6.20 Å². The Bertz CT molecular complexity index is 1080. The molecular formula is C20H15F5N4O2. The SMILES string of the molecule is O=C(NCCc1ncc[nH]1)c1cc(NC(=O)c2c(F)cccc2F)cc(C(F)(F)F)c1. The van der Waals surface area contributed by atoms with Gasteiger partial charge in [0.15, 0.2) is 0 Å². The summed E-state index contributed by atoms with van der Waals surface area (Å²) in [6, 6.07) is 4.87. The number of imidazole rings is 1. The van der Waals surface area contributed by atoms with Crippen molar-refractivity contribution in [1.82, 2.24) is 15.3 Å². The number of alkyl halides is 3. The van der Waals surface area contributed by atoms with E-state index in [-0.39, 0.29) is 6.54 Å². The van der Waals surface area contributed by atoms with Gasteiger partial charge in [-0.25, -0.2) is 13.8 Å². The molecule has 31 heavy (non-hydrogen) atoms. The van der Waals surface area contributed by atoms with Gasteiger partial charge in [0, 0.05) is 36.6 Å². The molecule has 3 rings (SSSR count). The van der Waals surface area contributed by atoms with Gasteiger partial charge in [-0.1, -0.05) is 6.07 Å². The van der Waals surface area contributed by atoms with Gasteiger partial charge in [0.05, 0.1) is 5.56 Å². The van der Waals surface area contributed by atoms with Gasteiger partial charge >= 0.3 is 6.18 Å². The number of anilines is 1. The summed E-state index contributed by atoms with van der Waals surface area (Å²) >= 11 is 0. The second kappa shape index (κ2) is 8.94. The highest BCUT2D eigenvalue weighted by Gasteiger charge is 2.32. The van der Waals surface area contributed by atoms with Crippen molar-refractivity contribution >= 4 is 17.5 Å².